The van der Waals surface area contributed by atoms with Crippen molar-refractivity contribution < 1.29 is 23.0 Å². The predicted octanol–water partition coefficient (Wildman–Crippen LogP) is 1.69. The SMILES string of the molecule is CN1[C@@H](Cc2ccc3c(c2)OCO3)[C@@H](O)c2ccccc2S1(=O)=O. The van der Waals surface area contributed by atoms with Crippen molar-refractivity contribution >= 4 is 10.0 Å². The third-order valence-corrected chi connectivity index (χ3v) is 6.56. The highest BCUT2D eigenvalue weighted by atomic mass is 32.2. The first-order valence-electron chi connectivity index (χ1n) is 7.62. The van der Waals surface area contributed by atoms with E-state index in [0.717, 1.165) is 5.56 Å². The molecule has 126 valence electrons. The number of rotatable bonds is 2. The first-order chi connectivity index (χ1) is 11.5. The first kappa shape index (κ1) is 15.4. The minimum Gasteiger partial charge on any atom is -0.454 e. The van der Waals surface area contributed by atoms with E-state index in [9.17, 15) is 13.5 Å². The molecule has 1 N–H and O–H groups in total. The van der Waals surface area contributed by atoms with Gasteiger partial charge in [-0.15, -0.1) is 0 Å². The molecular weight excluding hydrogens is 330 g/mol. The Balaban J connectivity index is 1.71. The monoisotopic (exact) mass is 347 g/mol. The van der Waals surface area contributed by atoms with Gasteiger partial charge in [0.2, 0.25) is 16.8 Å². The Kier molecular flexibility index (Phi) is 3.52. The molecule has 0 unspecified atom stereocenters. The fraction of sp³-hybridized carbons (Fsp3) is 0.294. The van der Waals surface area contributed by atoms with E-state index in [1.807, 2.05) is 12.1 Å². The topological polar surface area (TPSA) is 76.1 Å². The Bertz CT molecular complexity index is 896. The van der Waals surface area contributed by atoms with Crippen LogP contribution in [-0.4, -0.2) is 37.7 Å². The molecule has 0 fully saturated rings. The highest BCUT2D eigenvalue weighted by Crippen LogP contribution is 2.38. The van der Waals surface area contributed by atoms with Gasteiger partial charge in [0.15, 0.2) is 11.5 Å². The van der Waals surface area contributed by atoms with E-state index in [4.69, 9.17) is 9.47 Å². The Hall–Kier alpha value is -2.09. The summed E-state index contributed by atoms with van der Waals surface area (Å²) in [6.07, 6.45) is -0.512. The zero-order valence-corrected chi connectivity index (χ0v) is 13.9. The highest BCUT2D eigenvalue weighted by molar-refractivity contribution is 7.89. The van der Waals surface area contributed by atoms with Crippen LogP contribution in [0.3, 0.4) is 0 Å². The van der Waals surface area contributed by atoms with Crippen molar-refractivity contribution in [3.63, 3.8) is 0 Å². The molecule has 2 aliphatic rings. The van der Waals surface area contributed by atoms with Crippen molar-refractivity contribution in [3.05, 3.63) is 53.6 Å². The maximum atomic E-state index is 12.7. The fourth-order valence-corrected chi connectivity index (χ4v) is 4.84. The van der Waals surface area contributed by atoms with Crippen LogP contribution in [0.5, 0.6) is 11.5 Å². The summed E-state index contributed by atoms with van der Waals surface area (Å²) in [5, 5.41) is 10.7. The zero-order valence-electron chi connectivity index (χ0n) is 13.0. The number of sulfonamides is 1. The molecule has 4 rings (SSSR count). The second kappa shape index (κ2) is 5.47. The maximum Gasteiger partial charge on any atom is 0.243 e. The minimum absolute atomic E-state index is 0.168. The summed E-state index contributed by atoms with van der Waals surface area (Å²) in [7, 11) is -2.11. The average Bonchev–Trinajstić information content (AvgIpc) is 3.05. The summed E-state index contributed by atoms with van der Waals surface area (Å²) in [6, 6.07) is 11.5. The van der Waals surface area contributed by atoms with E-state index in [1.54, 1.807) is 24.3 Å². The van der Waals surface area contributed by atoms with Gasteiger partial charge in [0.05, 0.1) is 17.0 Å². The van der Waals surface area contributed by atoms with Crippen LogP contribution in [0.2, 0.25) is 0 Å². The van der Waals surface area contributed by atoms with Gasteiger partial charge in [-0.2, -0.15) is 4.31 Å². The van der Waals surface area contributed by atoms with E-state index in [-0.39, 0.29) is 11.7 Å². The van der Waals surface area contributed by atoms with Crippen molar-refractivity contribution in [2.24, 2.45) is 0 Å². The molecule has 2 heterocycles. The molecule has 0 aromatic heterocycles. The van der Waals surface area contributed by atoms with Gasteiger partial charge in [0.25, 0.3) is 0 Å². The van der Waals surface area contributed by atoms with Gasteiger partial charge < -0.3 is 14.6 Å². The van der Waals surface area contributed by atoms with Crippen molar-refractivity contribution in [2.75, 3.05) is 13.8 Å². The van der Waals surface area contributed by atoms with Crippen molar-refractivity contribution in [2.45, 2.75) is 23.5 Å². The lowest BCUT2D eigenvalue weighted by atomic mass is 9.95. The standard InChI is InChI=1S/C17H17NO5S/c1-18-13(8-11-6-7-14-15(9-11)23-10-22-14)17(19)12-4-2-3-5-16(12)24(18,20)21/h2-7,9,13,17,19H,8,10H2,1H3/t13-,17-/m0/s1. The third kappa shape index (κ3) is 2.28. The number of aliphatic hydroxyl groups excluding tert-OH is 1. The molecule has 0 aliphatic carbocycles. The molecule has 0 saturated carbocycles. The fourth-order valence-electron chi connectivity index (χ4n) is 3.25. The Morgan fingerprint density at radius 2 is 1.92 bits per heavy atom. The maximum absolute atomic E-state index is 12.7. The summed E-state index contributed by atoms with van der Waals surface area (Å²) >= 11 is 0. The molecule has 2 aliphatic heterocycles. The minimum atomic E-state index is -3.62. The smallest absolute Gasteiger partial charge is 0.243 e. The summed E-state index contributed by atoms with van der Waals surface area (Å²) in [6.45, 7) is 0.187. The summed E-state index contributed by atoms with van der Waals surface area (Å²) in [5.74, 6) is 1.32. The van der Waals surface area contributed by atoms with Gasteiger partial charge in [-0.25, -0.2) is 8.42 Å². The van der Waals surface area contributed by atoms with E-state index in [1.165, 1.54) is 17.4 Å². The summed E-state index contributed by atoms with van der Waals surface area (Å²) in [4.78, 5) is 0.168. The summed E-state index contributed by atoms with van der Waals surface area (Å²) in [5.41, 5.74) is 1.33. The number of hydrogen-bond acceptors (Lipinski definition) is 5. The van der Waals surface area contributed by atoms with Crippen molar-refractivity contribution in [1.82, 2.24) is 4.31 Å². The van der Waals surface area contributed by atoms with Crippen LogP contribution in [0.15, 0.2) is 47.4 Å². The number of nitrogens with zero attached hydrogens (tertiary/aromatic N) is 1. The van der Waals surface area contributed by atoms with Gasteiger partial charge in [-0.1, -0.05) is 24.3 Å². The van der Waals surface area contributed by atoms with Crippen molar-refractivity contribution in [3.8, 4) is 11.5 Å². The molecule has 2 atom stereocenters. The second-order valence-corrected chi connectivity index (χ2v) is 7.93. The summed E-state index contributed by atoms with van der Waals surface area (Å²) < 4.78 is 37.3. The van der Waals surface area contributed by atoms with Crippen LogP contribution in [0, 0.1) is 0 Å². The number of aliphatic hydroxyl groups is 1. The van der Waals surface area contributed by atoms with E-state index < -0.39 is 22.2 Å². The molecule has 0 saturated heterocycles. The first-order valence-corrected chi connectivity index (χ1v) is 9.06. The third-order valence-electron chi connectivity index (χ3n) is 4.61. The molecule has 0 bridgehead atoms. The van der Waals surface area contributed by atoms with E-state index in [0.29, 0.717) is 23.5 Å². The normalized spacial score (nSPS) is 24.6. The Labute approximate surface area is 140 Å². The molecule has 7 heteroatoms. The molecule has 0 spiro atoms. The average molecular weight is 347 g/mol. The van der Waals surface area contributed by atoms with Crippen molar-refractivity contribution in [1.29, 1.82) is 0 Å². The Morgan fingerprint density at radius 3 is 2.75 bits per heavy atom. The molecule has 2 aromatic carbocycles. The van der Waals surface area contributed by atoms with Gasteiger partial charge in [-0.3, -0.25) is 0 Å². The largest absolute Gasteiger partial charge is 0.454 e. The number of hydrogen-bond donors (Lipinski definition) is 1. The lowest BCUT2D eigenvalue weighted by Crippen LogP contribution is -2.46. The number of likely N-dealkylation sites (N-methyl/N-ethyl adjacent to an activating group) is 1. The number of fused-ring (bicyclic) bond motifs is 2. The van der Waals surface area contributed by atoms with Gasteiger partial charge in [-0.05, 0) is 30.2 Å². The predicted molar refractivity (Wildman–Crippen MR) is 86.4 cm³/mol. The van der Waals surface area contributed by atoms with Gasteiger partial charge >= 0.3 is 0 Å². The van der Waals surface area contributed by atoms with Crippen LogP contribution in [0.4, 0.5) is 0 Å². The van der Waals surface area contributed by atoms with Crippen LogP contribution in [0.25, 0.3) is 0 Å². The molecule has 0 amide bonds. The number of ether oxygens (including phenoxy) is 2. The van der Waals surface area contributed by atoms with E-state index >= 15 is 0 Å². The molecule has 6 nitrogen and oxygen atoms in total. The molecular formula is C17H17NO5S. The highest BCUT2D eigenvalue weighted by Gasteiger charge is 2.41. The van der Waals surface area contributed by atoms with Crippen LogP contribution in [-0.2, 0) is 16.4 Å². The molecule has 2 aromatic rings. The lowest BCUT2D eigenvalue weighted by molar-refractivity contribution is 0.0891. The quantitative estimate of drug-likeness (QED) is 0.895. The Morgan fingerprint density at radius 1 is 1.17 bits per heavy atom. The van der Waals surface area contributed by atoms with E-state index in [2.05, 4.69) is 0 Å². The number of benzene rings is 2. The zero-order chi connectivity index (χ0) is 16.9. The van der Waals surface area contributed by atoms with Crippen LogP contribution >= 0.6 is 0 Å². The molecule has 0 radical (unpaired) electrons. The van der Waals surface area contributed by atoms with Gasteiger partial charge in [0.1, 0.15) is 0 Å². The second-order valence-electron chi connectivity index (χ2n) is 5.96. The van der Waals surface area contributed by atoms with Crippen LogP contribution < -0.4 is 9.47 Å². The van der Waals surface area contributed by atoms with Crippen LogP contribution in [0.1, 0.15) is 17.2 Å². The van der Waals surface area contributed by atoms with Gasteiger partial charge in [0, 0.05) is 12.6 Å². The molecule has 24 heavy (non-hydrogen) atoms. The lowest BCUT2D eigenvalue weighted by Gasteiger charge is -2.37.